The molecule has 0 N–H and O–H groups in total. The van der Waals surface area contributed by atoms with E-state index in [0.717, 1.165) is 11.8 Å². The molecule has 0 aromatic rings. The summed E-state index contributed by atoms with van der Waals surface area (Å²) in [5.41, 5.74) is 0. The minimum absolute atomic E-state index is 0. The van der Waals surface area contributed by atoms with Crippen LogP contribution in [0.4, 0.5) is 0 Å². The van der Waals surface area contributed by atoms with Gasteiger partial charge in [-0.15, -0.1) is 0 Å². The van der Waals surface area contributed by atoms with Gasteiger partial charge >= 0.3 is 32.7 Å². The summed E-state index contributed by atoms with van der Waals surface area (Å²) in [5, 5.41) is 0. The summed E-state index contributed by atoms with van der Waals surface area (Å²) >= 11 is 0. The zero-order valence-electron chi connectivity index (χ0n) is 8.43. The quantitative estimate of drug-likeness (QED) is 0.604. The van der Waals surface area contributed by atoms with Crippen LogP contribution in [0.2, 0.25) is 0 Å². The molecule has 0 spiro atoms. The molecule has 0 radical (unpaired) electrons. The van der Waals surface area contributed by atoms with Crippen LogP contribution in [0, 0.1) is 33.1 Å². The second kappa shape index (κ2) is 9.19. The predicted molar refractivity (Wildman–Crippen MR) is 49.3 cm³/mol. The van der Waals surface area contributed by atoms with Gasteiger partial charge in [-0.25, -0.2) is 0 Å². The van der Waals surface area contributed by atoms with Gasteiger partial charge in [0.15, 0.2) is 0 Å². The topological polar surface area (TPSA) is 0 Å². The molecule has 0 amide bonds. The van der Waals surface area contributed by atoms with E-state index >= 15 is 0 Å². The van der Waals surface area contributed by atoms with Gasteiger partial charge < -0.3 is 21.3 Å². The molecule has 1 saturated carbocycles. The van der Waals surface area contributed by atoms with Gasteiger partial charge in [0.2, 0.25) is 0 Å². The van der Waals surface area contributed by atoms with Gasteiger partial charge in [0.05, 0.1) is 0 Å². The minimum Gasteiger partial charge on any atom is -0.358 e. The Morgan fingerprint density at radius 1 is 1.18 bits per heavy atom. The molecule has 1 aliphatic carbocycles. The van der Waals surface area contributed by atoms with Crippen molar-refractivity contribution in [2.24, 2.45) is 11.8 Å². The summed E-state index contributed by atoms with van der Waals surface area (Å²) in [6, 6.07) is 0. The van der Waals surface area contributed by atoms with Crippen LogP contribution >= 0.6 is 0 Å². The van der Waals surface area contributed by atoms with Crippen molar-refractivity contribution < 1.29 is 32.7 Å². The van der Waals surface area contributed by atoms with Crippen molar-refractivity contribution in [1.82, 2.24) is 0 Å². The molecule has 1 rings (SSSR count). The van der Waals surface area contributed by atoms with Crippen LogP contribution in [0.15, 0.2) is 0 Å². The van der Waals surface area contributed by atoms with E-state index in [1.165, 1.54) is 19.3 Å². The fourth-order valence-electron chi connectivity index (χ4n) is 1.67. The molecule has 2 unspecified atom stereocenters. The molecule has 64 valence electrons. The molecule has 0 saturated heterocycles. The van der Waals surface area contributed by atoms with Crippen molar-refractivity contribution in [3.63, 3.8) is 0 Å². The second-order valence-electron chi connectivity index (χ2n) is 2.91. The third-order valence-electron chi connectivity index (χ3n) is 2.36. The maximum atomic E-state index is 2.36. The monoisotopic (exact) mass is 230 g/mol. The van der Waals surface area contributed by atoms with Gasteiger partial charge in [-0.1, -0.05) is 32.1 Å². The van der Waals surface area contributed by atoms with Crippen LogP contribution in [-0.4, -0.2) is 0 Å². The van der Waals surface area contributed by atoms with Crippen LogP contribution in [0.5, 0.6) is 0 Å². The molecule has 11 heavy (non-hydrogen) atoms. The Balaban J connectivity index is -0.000000213. The van der Waals surface area contributed by atoms with E-state index in [4.69, 9.17) is 0 Å². The molecular weight excluding hydrogens is 209 g/mol. The molecule has 0 bridgehead atoms. The Morgan fingerprint density at radius 2 is 1.73 bits per heavy atom. The Hall–Kier alpha value is 1.10. The van der Waals surface area contributed by atoms with Crippen molar-refractivity contribution in [1.29, 1.82) is 0 Å². The SMILES string of the molecule is C[CH-]C1CCCC1C.[CH3-].[CH3-].[Y+3]. The first kappa shape index (κ1) is 18.0. The standard InChI is InChI=1S/C8H15.2CH3.Y/c1-3-8-6-4-5-7(8)2;;;/h3,7-8H,4-6H2,1-2H3;2*1H3;/q3*-1;+3. The second-order valence-corrected chi connectivity index (χ2v) is 2.91. The third-order valence-corrected chi connectivity index (χ3v) is 2.36. The molecule has 0 nitrogen and oxygen atoms in total. The smallest absolute Gasteiger partial charge is 0.358 e. The fraction of sp³-hybridized carbons (Fsp3) is 0.700. The Bertz CT molecular complexity index is 71.3. The van der Waals surface area contributed by atoms with Crippen LogP contribution < -0.4 is 0 Å². The van der Waals surface area contributed by atoms with Gasteiger partial charge in [0, 0.05) is 0 Å². The number of hydrogen-bond donors (Lipinski definition) is 0. The Labute approximate surface area is 98.4 Å². The molecule has 0 aromatic carbocycles. The van der Waals surface area contributed by atoms with Gasteiger partial charge in [-0.05, 0) is 0 Å². The summed E-state index contributed by atoms with van der Waals surface area (Å²) < 4.78 is 0. The fourth-order valence-corrected chi connectivity index (χ4v) is 1.67. The Kier molecular flexibility index (Phi) is 15.0. The van der Waals surface area contributed by atoms with Gasteiger partial charge in [0.1, 0.15) is 0 Å². The van der Waals surface area contributed by atoms with E-state index in [0.29, 0.717) is 0 Å². The first-order valence-corrected chi connectivity index (χ1v) is 3.64. The van der Waals surface area contributed by atoms with Crippen molar-refractivity contribution in [3.8, 4) is 0 Å². The van der Waals surface area contributed by atoms with E-state index in [2.05, 4.69) is 20.3 Å². The normalized spacial score (nSPS) is 27.8. The average molecular weight is 230 g/mol. The van der Waals surface area contributed by atoms with E-state index in [9.17, 15) is 0 Å². The van der Waals surface area contributed by atoms with Crippen molar-refractivity contribution in [2.75, 3.05) is 0 Å². The number of rotatable bonds is 1. The van der Waals surface area contributed by atoms with Gasteiger partial charge in [-0.2, -0.15) is 12.8 Å². The van der Waals surface area contributed by atoms with Crippen LogP contribution in [-0.2, 0) is 32.7 Å². The van der Waals surface area contributed by atoms with E-state index in [-0.39, 0.29) is 47.6 Å². The van der Waals surface area contributed by atoms with Crippen molar-refractivity contribution >= 4 is 0 Å². The third kappa shape index (κ3) is 5.36. The molecule has 2 atom stereocenters. The summed E-state index contributed by atoms with van der Waals surface area (Å²) in [6.07, 6.45) is 6.71. The summed E-state index contributed by atoms with van der Waals surface area (Å²) in [7, 11) is 0. The molecule has 1 heteroatoms. The molecular formula is C10H21Y. The molecule has 0 aliphatic heterocycles. The zero-order chi connectivity index (χ0) is 5.98. The van der Waals surface area contributed by atoms with Crippen LogP contribution in [0.25, 0.3) is 0 Å². The van der Waals surface area contributed by atoms with E-state index in [1.807, 2.05) is 0 Å². The minimum atomic E-state index is 0. The number of hydrogen-bond acceptors (Lipinski definition) is 0. The van der Waals surface area contributed by atoms with Gasteiger partial charge in [0.25, 0.3) is 0 Å². The van der Waals surface area contributed by atoms with Crippen LogP contribution in [0.1, 0.15) is 33.1 Å². The zero-order valence-corrected chi connectivity index (χ0v) is 11.3. The molecule has 0 heterocycles. The van der Waals surface area contributed by atoms with Gasteiger partial charge in [-0.3, -0.25) is 0 Å². The largest absolute Gasteiger partial charge is 3.00 e. The van der Waals surface area contributed by atoms with Crippen molar-refractivity contribution in [2.45, 2.75) is 33.1 Å². The maximum Gasteiger partial charge on any atom is 3.00 e. The molecule has 1 fully saturated rings. The predicted octanol–water partition coefficient (Wildman–Crippen LogP) is 3.54. The first-order chi connectivity index (χ1) is 3.84. The van der Waals surface area contributed by atoms with Crippen LogP contribution in [0.3, 0.4) is 0 Å². The molecule has 1 aliphatic rings. The Morgan fingerprint density at radius 3 is 1.91 bits per heavy atom. The maximum absolute atomic E-state index is 2.36. The molecule has 0 aromatic heterocycles. The average Bonchev–Trinajstić information content (AvgIpc) is 2.14. The van der Waals surface area contributed by atoms with Crippen molar-refractivity contribution in [3.05, 3.63) is 21.3 Å². The summed E-state index contributed by atoms with van der Waals surface area (Å²) in [6.45, 7) is 4.55. The van der Waals surface area contributed by atoms with E-state index in [1.54, 1.807) is 0 Å². The summed E-state index contributed by atoms with van der Waals surface area (Å²) in [5.74, 6) is 1.91. The summed E-state index contributed by atoms with van der Waals surface area (Å²) in [4.78, 5) is 0. The first-order valence-electron chi connectivity index (χ1n) is 3.64. The van der Waals surface area contributed by atoms with E-state index < -0.39 is 0 Å².